The molecule has 2 N–H and O–H groups in total. The van der Waals surface area contributed by atoms with Crippen LogP contribution in [0, 0.1) is 0 Å². The highest BCUT2D eigenvalue weighted by atomic mass is 16.5. The molecule has 1 heterocycles. The van der Waals surface area contributed by atoms with Crippen LogP contribution < -0.4 is 19.3 Å². The summed E-state index contributed by atoms with van der Waals surface area (Å²) in [7, 11) is 2.27. The zero-order valence-corrected chi connectivity index (χ0v) is 12.4. The summed E-state index contributed by atoms with van der Waals surface area (Å²) >= 11 is 0. The molecule has 1 aromatic carbocycles. The standard InChI is InChI=1S/C16H24N2O2/c1-3-13-19-15-4-6-16(7-5-15)20-14-12-18-10-8-17(2)9-11-18/h3-7H,1,8-14H2,2H3/p+2. The van der Waals surface area contributed by atoms with Crippen LogP contribution >= 0.6 is 0 Å². The summed E-state index contributed by atoms with van der Waals surface area (Å²) < 4.78 is 11.2. The minimum absolute atomic E-state index is 0.537. The van der Waals surface area contributed by atoms with Gasteiger partial charge < -0.3 is 19.3 Å². The number of piperazine rings is 1. The number of quaternary nitrogens is 2. The monoisotopic (exact) mass is 278 g/mol. The molecule has 0 spiro atoms. The maximum Gasteiger partial charge on any atom is 0.137 e. The molecule has 1 aliphatic heterocycles. The Kier molecular flexibility index (Phi) is 5.89. The highest BCUT2D eigenvalue weighted by molar-refractivity contribution is 5.31. The maximum atomic E-state index is 5.79. The number of ether oxygens (including phenoxy) is 2. The van der Waals surface area contributed by atoms with Crippen molar-refractivity contribution < 1.29 is 19.3 Å². The molecule has 0 bridgehead atoms. The molecule has 1 fully saturated rings. The quantitative estimate of drug-likeness (QED) is 0.629. The van der Waals surface area contributed by atoms with Gasteiger partial charge in [0.25, 0.3) is 0 Å². The lowest BCUT2D eigenvalue weighted by Crippen LogP contribution is -3.27. The molecule has 1 aromatic rings. The highest BCUT2D eigenvalue weighted by Gasteiger charge is 2.19. The van der Waals surface area contributed by atoms with E-state index in [1.54, 1.807) is 15.9 Å². The summed E-state index contributed by atoms with van der Waals surface area (Å²) in [4.78, 5) is 3.30. The Balaban J connectivity index is 1.67. The van der Waals surface area contributed by atoms with Crippen molar-refractivity contribution in [2.24, 2.45) is 0 Å². The van der Waals surface area contributed by atoms with Crippen LogP contribution in [0.2, 0.25) is 0 Å². The predicted octanol–water partition coefficient (Wildman–Crippen LogP) is -0.957. The fourth-order valence-electron chi connectivity index (χ4n) is 2.38. The lowest BCUT2D eigenvalue weighted by Gasteiger charge is -2.27. The summed E-state index contributed by atoms with van der Waals surface area (Å²) in [6.07, 6.45) is 1.74. The van der Waals surface area contributed by atoms with Crippen LogP contribution in [0.5, 0.6) is 11.5 Å². The lowest BCUT2D eigenvalue weighted by atomic mass is 10.3. The van der Waals surface area contributed by atoms with Gasteiger partial charge in [-0.05, 0) is 24.3 Å². The van der Waals surface area contributed by atoms with Crippen molar-refractivity contribution in [1.29, 1.82) is 0 Å². The molecule has 110 valence electrons. The largest absolute Gasteiger partial charge is 0.490 e. The highest BCUT2D eigenvalue weighted by Crippen LogP contribution is 2.17. The van der Waals surface area contributed by atoms with Gasteiger partial charge in [0, 0.05) is 0 Å². The number of benzene rings is 1. The third-order valence-electron chi connectivity index (χ3n) is 3.73. The lowest BCUT2D eigenvalue weighted by molar-refractivity contribution is -1.00. The minimum Gasteiger partial charge on any atom is -0.490 e. The van der Waals surface area contributed by atoms with Gasteiger partial charge in [0.2, 0.25) is 0 Å². The van der Waals surface area contributed by atoms with Gasteiger partial charge in [-0.3, -0.25) is 0 Å². The molecule has 1 aliphatic rings. The van der Waals surface area contributed by atoms with Gasteiger partial charge in [-0.25, -0.2) is 0 Å². The molecule has 0 amide bonds. The second-order valence-electron chi connectivity index (χ2n) is 5.38. The first-order valence-electron chi connectivity index (χ1n) is 7.39. The summed E-state index contributed by atoms with van der Waals surface area (Å²) in [5.74, 6) is 1.76. The van der Waals surface area contributed by atoms with E-state index in [1.165, 1.54) is 26.2 Å². The minimum atomic E-state index is 0.537. The molecule has 4 nitrogen and oxygen atoms in total. The van der Waals surface area contributed by atoms with Gasteiger partial charge in [0.05, 0.1) is 7.05 Å². The average Bonchev–Trinajstić information content (AvgIpc) is 2.48. The Bertz CT molecular complexity index is 397. The van der Waals surface area contributed by atoms with Crippen LogP contribution in [0.1, 0.15) is 0 Å². The van der Waals surface area contributed by atoms with Crippen molar-refractivity contribution in [2.45, 2.75) is 0 Å². The van der Waals surface area contributed by atoms with Crippen molar-refractivity contribution in [2.75, 3.05) is 53.0 Å². The Morgan fingerprint density at radius 3 is 2.25 bits per heavy atom. The molecule has 0 radical (unpaired) electrons. The van der Waals surface area contributed by atoms with Crippen LogP contribution in [0.3, 0.4) is 0 Å². The van der Waals surface area contributed by atoms with Gasteiger partial charge in [-0.1, -0.05) is 12.7 Å². The van der Waals surface area contributed by atoms with Crippen LogP contribution in [-0.2, 0) is 0 Å². The zero-order valence-electron chi connectivity index (χ0n) is 12.4. The molecular formula is C16H26N2O2+2. The van der Waals surface area contributed by atoms with E-state index in [0.717, 1.165) is 24.7 Å². The van der Waals surface area contributed by atoms with Gasteiger partial charge in [0.1, 0.15) is 57.4 Å². The average molecular weight is 278 g/mol. The van der Waals surface area contributed by atoms with Crippen molar-refractivity contribution in [3.63, 3.8) is 0 Å². The SMILES string of the molecule is C=CCOc1ccc(OCC[NH+]2CC[NH+](C)CC2)cc1. The molecule has 4 heteroatoms. The molecule has 0 unspecified atom stereocenters. The third-order valence-corrected chi connectivity index (χ3v) is 3.73. The summed E-state index contributed by atoms with van der Waals surface area (Å²) in [6.45, 7) is 11.1. The molecule has 0 saturated carbocycles. The van der Waals surface area contributed by atoms with Crippen molar-refractivity contribution in [3.05, 3.63) is 36.9 Å². The van der Waals surface area contributed by atoms with E-state index in [-0.39, 0.29) is 0 Å². The number of nitrogens with one attached hydrogen (secondary N) is 2. The van der Waals surface area contributed by atoms with Gasteiger partial charge in [-0.15, -0.1) is 0 Å². The first-order valence-corrected chi connectivity index (χ1v) is 7.39. The summed E-state index contributed by atoms with van der Waals surface area (Å²) in [5, 5.41) is 0. The molecule has 20 heavy (non-hydrogen) atoms. The first-order chi connectivity index (χ1) is 9.78. The van der Waals surface area contributed by atoms with Gasteiger partial charge in [0.15, 0.2) is 0 Å². The Morgan fingerprint density at radius 1 is 1.05 bits per heavy atom. The van der Waals surface area contributed by atoms with Crippen LogP contribution in [0.15, 0.2) is 36.9 Å². The maximum absolute atomic E-state index is 5.79. The van der Waals surface area contributed by atoms with E-state index >= 15 is 0 Å². The van der Waals surface area contributed by atoms with Gasteiger partial charge in [-0.2, -0.15) is 0 Å². The summed E-state index contributed by atoms with van der Waals surface area (Å²) in [6, 6.07) is 7.79. The topological polar surface area (TPSA) is 27.3 Å². The van der Waals surface area contributed by atoms with E-state index in [2.05, 4.69) is 13.6 Å². The predicted molar refractivity (Wildman–Crippen MR) is 79.8 cm³/mol. The van der Waals surface area contributed by atoms with Crippen LogP contribution in [0.25, 0.3) is 0 Å². The Labute approximate surface area is 121 Å². The van der Waals surface area contributed by atoms with E-state index in [9.17, 15) is 0 Å². The molecule has 1 saturated heterocycles. The van der Waals surface area contributed by atoms with E-state index in [1.807, 2.05) is 24.3 Å². The smallest absolute Gasteiger partial charge is 0.137 e. The molecular weight excluding hydrogens is 252 g/mol. The normalized spacial score (nSPS) is 22.2. The van der Waals surface area contributed by atoms with Crippen molar-refractivity contribution in [1.82, 2.24) is 0 Å². The van der Waals surface area contributed by atoms with E-state index in [4.69, 9.17) is 9.47 Å². The molecule has 0 atom stereocenters. The van der Waals surface area contributed by atoms with Crippen molar-refractivity contribution >= 4 is 0 Å². The third kappa shape index (κ3) is 4.87. The van der Waals surface area contributed by atoms with Gasteiger partial charge >= 0.3 is 0 Å². The fraction of sp³-hybridized carbons (Fsp3) is 0.500. The number of hydrogen-bond acceptors (Lipinski definition) is 2. The van der Waals surface area contributed by atoms with Crippen molar-refractivity contribution in [3.8, 4) is 11.5 Å². The second kappa shape index (κ2) is 7.92. The van der Waals surface area contributed by atoms with E-state index in [0.29, 0.717) is 6.61 Å². The van der Waals surface area contributed by atoms with Crippen LogP contribution in [0.4, 0.5) is 0 Å². The second-order valence-corrected chi connectivity index (χ2v) is 5.38. The fourth-order valence-corrected chi connectivity index (χ4v) is 2.38. The van der Waals surface area contributed by atoms with Crippen LogP contribution in [-0.4, -0.2) is 53.0 Å². The molecule has 0 aliphatic carbocycles. The van der Waals surface area contributed by atoms with E-state index < -0.39 is 0 Å². The molecule has 2 rings (SSSR count). The number of rotatable bonds is 7. The Morgan fingerprint density at radius 2 is 1.65 bits per heavy atom. The number of hydrogen-bond donors (Lipinski definition) is 2. The Hall–Kier alpha value is -1.52. The number of likely N-dealkylation sites (N-methyl/N-ethyl adjacent to an activating group) is 1. The molecule has 0 aromatic heterocycles. The summed E-state index contributed by atoms with van der Waals surface area (Å²) in [5.41, 5.74) is 0. The first kappa shape index (κ1) is 14.9. The zero-order chi connectivity index (χ0) is 14.2.